The number of non-ortho nitro benzene ring substituents is 1. The molecule has 0 saturated heterocycles. The number of carbonyl (C=O) groups is 2. The molecule has 1 aromatic heterocycles. The van der Waals surface area contributed by atoms with E-state index < -0.39 is 11.0 Å². The maximum absolute atomic E-state index is 12.9. The first-order valence-corrected chi connectivity index (χ1v) is 12.4. The summed E-state index contributed by atoms with van der Waals surface area (Å²) in [6.07, 6.45) is 2.39. The van der Waals surface area contributed by atoms with Gasteiger partial charge in [-0.25, -0.2) is 0 Å². The molecule has 10 nitrogen and oxygen atoms in total. The maximum Gasteiger partial charge on any atom is 0.269 e. The average Bonchev–Trinajstić information content (AvgIpc) is 3.34. The van der Waals surface area contributed by atoms with Crippen LogP contribution in [0.4, 0.5) is 5.69 Å². The molecule has 0 bridgehead atoms. The predicted molar refractivity (Wildman–Crippen MR) is 147 cm³/mol. The Morgan fingerprint density at radius 1 is 1.03 bits per heavy atom. The summed E-state index contributed by atoms with van der Waals surface area (Å²) < 4.78 is 11.0. The average molecular weight is 531 g/mol. The highest BCUT2D eigenvalue weighted by Crippen LogP contribution is 2.22. The SMILES string of the molecule is COc1ccccc1CN(C[C@@H](Cc1c[nH]c2ccccc12)NC(=O)COc1ccc([N+](=O)[O-])cc1)C(C)=O. The maximum atomic E-state index is 12.9. The van der Waals surface area contributed by atoms with Crippen LogP contribution in [0.2, 0.25) is 0 Å². The number of methoxy groups -OCH3 is 1. The van der Waals surface area contributed by atoms with Crippen LogP contribution in [0.15, 0.2) is 79.0 Å². The van der Waals surface area contributed by atoms with Crippen molar-refractivity contribution in [2.75, 3.05) is 20.3 Å². The molecule has 0 fully saturated rings. The third-order valence-electron chi connectivity index (χ3n) is 6.36. The minimum absolute atomic E-state index is 0.0648. The largest absolute Gasteiger partial charge is 0.496 e. The molecular formula is C29H30N4O6. The second-order valence-corrected chi connectivity index (χ2v) is 9.08. The summed E-state index contributed by atoms with van der Waals surface area (Å²) in [5.41, 5.74) is 2.78. The number of hydrogen-bond acceptors (Lipinski definition) is 6. The number of carbonyl (C=O) groups excluding carboxylic acids is 2. The van der Waals surface area contributed by atoms with Gasteiger partial charge in [-0.1, -0.05) is 36.4 Å². The number of nitro benzene ring substituents is 1. The molecule has 2 amide bonds. The first-order valence-electron chi connectivity index (χ1n) is 12.4. The number of benzene rings is 3. The number of nitrogens with zero attached hydrogens (tertiary/aromatic N) is 2. The predicted octanol–water partition coefficient (Wildman–Crippen LogP) is 4.24. The standard InChI is InChI=1S/C29H30N4O6/c1-20(34)32(17-21-7-3-6-10-28(21)38-2)18-23(15-22-16-30-27-9-5-4-8-26(22)27)31-29(35)19-39-25-13-11-24(12-14-25)33(36)37/h3-14,16,23,30H,15,17-19H2,1-2H3,(H,31,35)/t23-/m1/s1. The summed E-state index contributed by atoms with van der Waals surface area (Å²) in [6, 6.07) is 20.5. The highest BCUT2D eigenvalue weighted by atomic mass is 16.6. The first kappa shape index (κ1) is 27.2. The summed E-state index contributed by atoms with van der Waals surface area (Å²) in [4.78, 5) is 40.9. The zero-order valence-corrected chi connectivity index (χ0v) is 21.8. The summed E-state index contributed by atoms with van der Waals surface area (Å²) in [5.74, 6) is 0.503. The lowest BCUT2D eigenvalue weighted by Gasteiger charge is -2.28. The molecule has 4 rings (SSSR count). The molecule has 0 saturated carbocycles. The fraction of sp³-hybridized carbons (Fsp3) is 0.241. The van der Waals surface area contributed by atoms with Gasteiger partial charge in [-0.05, 0) is 36.2 Å². The van der Waals surface area contributed by atoms with Crippen molar-refractivity contribution in [2.45, 2.75) is 25.9 Å². The Bertz CT molecular complexity index is 1450. The number of rotatable bonds is 12. The van der Waals surface area contributed by atoms with E-state index in [1.807, 2.05) is 54.7 Å². The Hall–Kier alpha value is -4.86. The van der Waals surface area contributed by atoms with E-state index in [0.717, 1.165) is 22.0 Å². The van der Waals surface area contributed by atoms with Crippen molar-refractivity contribution in [1.82, 2.24) is 15.2 Å². The molecule has 0 unspecified atom stereocenters. The second kappa shape index (κ2) is 12.6. The molecule has 10 heteroatoms. The van der Waals surface area contributed by atoms with Crippen LogP contribution in [0.5, 0.6) is 11.5 Å². The van der Waals surface area contributed by atoms with Crippen LogP contribution in [0.1, 0.15) is 18.1 Å². The van der Waals surface area contributed by atoms with Gasteiger partial charge in [0.05, 0.1) is 18.1 Å². The lowest BCUT2D eigenvalue weighted by Crippen LogP contribution is -2.47. The zero-order valence-electron chi connectivity index (χ0n) is 21.8. The van der Waals surface area contributed by atoms with Gasteiger partial charge in [-0.3, -0.25) is 19.7 Å². The lowest BCUT2D eigenvalue weighted by molar-refractivity contribution is -0.384. The van der Waals surface area contributed by atoms with Gasteiger partial charge in [0.25, 0.3) is 11.6 Å². The van der Waals surface area contributed by atoms with Crippen LogP contribution in [0, 0.1) is 10.1 Å². The molecular weight excluding hydrogens is 500 g/mol. The molecule has 1 atom stereocenters. The molecule has 0 spiro atoms. The number of nitro groups is 1. The molecule has 0 aliphatic rings. The van der Waals surface area contributed by atoms with Crippen molar-refractivity contribution in [3.8, 4) is 11.5 Å². The van der Waals surface area contributed by atoms with Crippen molar-refractivity contribution in [3.05, 3.63) is 100 Å². The number of para-hydroxylation sites is 2. The Kier molecular flexibility index (Phi) is 8.78. The van der Waals surface area contributed by atoms with E-state index in [4.69, 9.17) is 9.47 Å². The quantitative estimate of drug-likeness (QED) is 0.208. The lowest BCUT2D eigenvalue weighted by atomic mass is 10.0. The highest BCUT2D eigenvalue weighted by Gasteiger charge is 2.22. The van der Waals surface area contributed by atoms with Crippen molar-refractivity contribution in [2.24, 2.45) is 0 Å². The van der Waals surface area contributed by atoms with Gasteiger partial charge < -0.3 is 24.7 Å². The van der Waals surface area contributed by atoms with Crippen LogP contribution in [0.3, 0.4) is 0 Å². The minimum atomic E-state index is -0.502. The molecule has 0 radical (unpaired) electrons. The van der Waals surface area contributed by atoms with Crippen molar-refractivity contribution in [3.63, 3.8) is 0 Å². The topological polar surface area (TPSA) is 127 Å². The number of nitrogens with one attached hydrogen (secondary N) is 2. The van der Waals surface area contributed by atoms with E-state index in [9.17, 15) is 19.7 Å². The van der Waals surface area contributed by atoms with Crippen LogP contribution < -0.4 is 14.8 Å². The molecule has 4 aromatic rings. The molecule has 0 aliphatic heterocycles. The molecule has 2 N–H and O–H groups in total. The van der Waals surface area contributed by atoms with Gasteiger partial charge in [0.1, 0.15) is 11.5 Å². The van der Waals surface area contributed by atoms with Crippen molar-refractivity contribution >= 4 is 28.4 Å². The number of aromatic nitrogens is 1. The first-order chi connectivity index (χ1) is 18.8. The highest BCUT2D eigenvalue weighted by molar-refractivity contribution is 5.83. The number of amides is 2. The van der Waals surface area contributed by atoms with Crippen LogP contribution in [0.25, 0.3) is 10.9 Å². The monoisotopic (exact) mass is 530 g/mol. The fourth-order valence-corrected chi connectivity index (χ4v) is 4.42. The number of H-pyrrole nitrogens is 1. The van der Waals surface area contributed by atoms with Gasteiger partial charge in [0.2, 0.25) is 5.91 Å². The zero-order chi connectivity index (χ0) is 27.8. The molecule has 3 aromatic carbocycles. The van der Waals surface area contributed by atoms with Gasteiger partial charge in [-0.2, -0.15) is 0 Å². The smallest absolute Gasteiger partial charge is 0.269 e. The van der Waals surface area contributed by atoms with Crippen LogP contribution >= 0.6 is 0 Å². The minimum Gasteiger partial charge on any atom is -0.496 e. The summed E-state index contributed by atoms with van der Waals surface area (Å²) >= 11 is 0. The van der Waals surface area contributed by atoms with Gasteiger partial charge in [0, 0.05) is 54.8 Å². The Morgan fingerprint density at radius 3 is 2.46 bits per heavy atom. The molecule has 39 heavy (non-hydrogen) atoms. The molecule has 1 heterocycles. The van der Waals surface area contributed by atoms with E-state index in [0.29, 0.717) is 24.5 Å². The third-order valence-corrected chi connectivity index (χ3v) is 6.36. The molecule has 0 aliphatic carbocycles. The molecule has 202 valence electrons. The number of ether oxygens (including phenoxy) is 2. The normalized spacial score (nSPS) is 11.5. The fourth-order valence-electron chi connectivity index (χ4n) is 4.42. The second-order valence-electron chi connectivity index (χ2n) is 9.08. The summed E-state index contributed by atoms with van der Waals surface area (Å²) in [5, 5.41) is 14.9. The Labute approximate surface area is 225 Å². The van der Waals surface area contributed by atoms with Gasteiger partial charge in [0.15, 0.2) is 6.61 Å². The van der Waals surface area contributed by atoms with Crippen LogP contribution in [-0.2, 0) is 22.6 Å². The van der Waals surface area contributed by atoms with Crippen molar-refractivity contribution < 1.29 is 24.0 Å². The Morgan fingerprint density at radius 2 is 1.74 bits per heavy atom. The number of hydrogen-bond donors (Lipinski definition) is 2. The van der Waals surface area contributed by atoms with E-state index >= 15 is 0 Å². The van der Waals surface area contributed by atoms with E-state index in [1.54, 1.807) is 12.0 Å². The summed E-state index contributed by atoms with van der Waals surface area (Å²) in [7, 11) is 1.59. The van der Waals surface area contributed by atoms with Crippen molar-refractivity contribution in [1.29, 1.82) is 0 Å². The number of fused-ring (bicyclic) bond motifs is 1. The van der Waals surface area contributed by atoms with Gasteiger partial charge in [-0.15, -0.1) is 0 Å². The van der Waals surface area contributed by atoms with E-state index in [1.165, 1.54) is 31.2 Å². The summed E-state index contributed by atoms with van der Waals surface area (Å²) in [6.45, 7) is 1.79. The third kappa shape index (κ3) is 7.13. The van der Waals surface area contributed by atoms with Crippen LogP contribution in [-0.4, -0.2) is 52.9 Å². The Balaban J connectivity index is 1.50. The van der Waals surface area contributed by atoms with Gasteiger partial charge >= 0.3 is 0 Å². The number of aromatic amines is 1. The van der Waals surface area contributed by atoms with E-state index in [-0.39, 0.29) is 30.7 Å². The van der Waals surface area contributed by atoms with E-state index in [2.05, 4.69) is 10.3 Å².